The molecule has 0 saturated carbocycles. The van der Waals surface area contributed by atoms with Crippen molar-refractivity contribution in [3.05, 3.63) is 36.5 Å². The molecule has 1 aromatic heterocycles. The van der Waals surface area contributed by atoms with Crippen LogP contribution in [-0.2, 0) is 17.1 Å². The Bertz CT molecular complexity index is 634. The number of benzene rings is 1. The van der Waals surface area contributed by atoms with Crippen molar-refractivity contribution in [3.63, 3.8) is 0 Å². The third kappa shape index (κ3) is 2.39. The number of aromatic nitrogens is 2. The Kier molecular flexibility index (Phi) is 2.76. The minimum Gasteiger partial charge on any atom is -0.508 e. The van der Waals surface area contributed by atoms with Gasteiger partial charge in [0.25, 0.3) is 10.0 Å². The zero-order valence-electron chi connectivity index (χ0n) is 9.03. The third-order valence-corrected chi connectivity index (χ3v) is 3.54. The summed E-state index contributed by atoms with van der Waals surface area (Å²) >= 11 is 0. The Balaban J connectivity index is 2.35. The first-order chi connectivity index (χ1) is 7.99. The molecule has 0 atom stereocenters. The number of anilines is 1. The molecule has 1 aromatic carbocycles. The smallest absolute Gasteiger partial charge is 0.263 e. The van der Waals surface area contributed by atoms with Crippen LogP contribution in [0.15, 0.2) is 41.4 Å². The van der Waals surface area contributed by atoms with Crippen molar-refractivity contribution in [2.24, 2.45) is 7.05 Å². The molecule has 0 aliphatic carbocycles. The maximum atomic E-state index is 11.9. The second-order valence-electron chi connectivity index (χ2n) is 3.44. The van der Waals surface area contributed by atoms with Crippen molar-refractivity contribution in [1.82, 2.24) is 9.78 Å². The summed E-state index contributed by atoms with van der Waals surface area (Å²) in [5.74, 6) is 0.256. The SMILES string of the molecule is Cn1nccc1NS(=O)(=O)c1cccc(O)c1. The fraction of sp³-hybridized carbons (Fsp3) is 0.100. The number of phenolic OH excluding ortho intramolecular Hbond substituents is 1. The van der Waals surface area contributed by atoms with Crippen molar-refractivity contribution in [3.8, 4) is 5.75 Å². The monoisotopic (exact) mass is 253 g/mol. The molecule has 0 unspecified atom stereocenters. The highest BCUT2D eigenvalue weighted by Gasteiger charge is 2.15. The van der Waals surface area contributed by atoms with Gasteiger partial charge >= 0.3 is 0 Å². The van der Waals surface area contributed by atoms with E-state index in [1.165, 1.54) is 35.1 Å². The average molecular weight is 253 g/mol. The molecule has 0 radical (unpaired) electrons. The molecule has 1 heterocycles. The van der Waals surface area contributed by atoms with Crippen LogP contribution in [-0.4, -0.2) is 23.3 Å². The molecule has 2 N–H and O–H groups in total. The lowest BCUT2D eigenvalue weighted by atomic mass is 10.3. The molecule has 2 rings (SSSR count). The van der Waals surface area contributed by atoms with Gasteiger partial charge in [0, 0.05) is 19.2 Å². The second-order valence-corrected chi connectivity index (χ2v) is 5.13. The highest BCUT2D eigenvalue weighted by molar-refractivity contribution is 7.92. The van der Waals surface area contributed by atoms with E-state index in [9.17, 15) is 13.5 Å². The molecule has 0 aliphatic rings. The highest BCUT2D eigenvalue weighted by atomic mass is 32.2. The van der Waals surface area contributed by atoms with E-state index in [1.54, 1.807) is 13.1 Å². The minimum atomic E-state index is -3.70. The summed E-state index contributed by atoms with van der Waals surface area (Å²) in [4.78, 5) is -0.00120. The lowest BCUT2D eigenvalue weighted by molar-refractivity contribution is 0.473. The van der Waals surface area contributed by atoms with Crippen LogP contribution in [0.2, 0.25) is 0 Å². The van der Waals surface area contributed by atoms with Crippen LogP contribution < -0.4 is 4.72 Å². The van der Waals surface area contributed by atoms with Crippen molar-refractivity contribution < 1.29 is 13.5 Å². The number of phenols is 1. The van der Waals surface area contributed by atoms with E-state index in [1.807, 2.05) is 0 Å². The van der Waals surface area contributed by atoms with E-state index in [4.69, 9.17) is 0 Å². The summed E-state index contributed by atoms with van der Waals surface area (Å²) in [6.07, 6.45) is 1.49. The predicted octanol–water partition coefficient (Wildman–Crippen LogP) is 0.926. The van der Waals surface area contributed by atoms with E-state index in [0.717, 1.165) is 0 Å². The van der Waals surface area contributed by atoms with E-state index in [0.29, 0.717) is 5.82 Å². The van der Waals surface area contributed by atoms with E-state index >= 15 is 0 Å². The molecule has 17 heavy (non-hydrogen) atoms. The third-order valence-electron chi connectivity index (χ3n) is 2.19. The standard InChI is InChI=1S/C10H11N3O3S/c1-13-10(5-6-11-13)12-17(15,16)9-4-2-3-8(14)7-9/h2-7,12,14H,1H3. The van der Waals surface area contributed by atoms with Crippen molar-refractivity contribution in [2.75, 3.05) is 4.72 Å². The summed E-state index contributed by atoms with van der Waals surface area (Å²) in [6.45, 7) is 0. The zero-order valence-corrected chi connectivity index (χ0v) is 9.85. The van der Waals surface area contributed by atoms with Crippen LogP contribution in [0, 0.1) is 0 Å². The van der Waals surface area contributed by atoms with Crippen LogP contribution in [0.1, 0.15) is 0 Å². The highest BCUT2D eigenvalue weighted by Crippen LogP contribution is 2.18. The Hall–Kier alpha value is -2.02. The summed E-state index contributed by atoms with van der Waals surface area (Å²) in [5.41, 5.74) is 0. The van der Waals surface area contributed by atoms with Crippen molar-refractivity contribution in [2.45, 2.75) is 4.90 Å². The summed E-state index contributed by atoms with van der Waals surface area (Å²) in [5, 5.41) is 13.1. The van der Waals surface area contributed by atoms with Gasteiger partial charge in [-0.05, 0) is 12.1 Å². The van der Waals surface area contributed by atoms with E-state index in [-0.39, 0.29) is 10.6 Å². The molecule has 0 bridgehead atoms. The first-order valence-corrected chi connectivity index (χ1v) is 6.27. The summed E-state index contributed by atoms with van der Waals surface area (Å²) < 4.78 is 27.7. The van der Waals surface area contributed by atoms with Gasteiger partial charge in [0.15, 0.2) is 0 Å². The van der Waals surface area contributed by atoms with Gasteiger partial charge in [0.05, 0.1) is 11.1 Å². The van der Waals surface area contributed by atoms with Gasteiger partial charge in [-0.2, -0.15) is 5.10 Å². The number of rotatable bonds is 3. The van der Waals surface area contributed by atoms with Crippen molar-refractivity contribution in [1.29, 1.82) is 0 Å². The topological polar surface area (TPSA) is 84.2 Å². The predicted molar refractivity (Wildman–Crippen MR) is 62.1 cm³/mol. The summed E-state index contributed by atoms with van der Waals surface area (Å²) in [6, 6.07) is 6.99. The Morgan fingerprint density at radius 1 is 1.35 bits per heavy atom. The first-order valence-electron chi connectivity index (χ1n) is 4.79. The number of aryl methyl sites for hydroxylation is 1. The number of aromatic hydroxyl groups is 1. The lowest BCUT2D eigenvalue weighted by Crippen LogP contribution is -2.15. The molecule has 0 amide bonds. The molecule has 0 aliphatic heterocycles. The normalized spacial score (nSPS) is 11.4. The van der Waals surface area contributed by atoms with Gasteiger partial charge in [0.2, 0.25) is 0 Å². The number of hydrogen-bond donors (Lipinski definition) is 2. The van der Waals surface area contributed by atoms with Gasteiger partial charge in [0.1, 0.15) is 11.6 Å². The molecule has 7 heteroatoms. The number of sulfonamides is 1. The fourth-order valence-electron chi connectivity index (χ4n) is 1.32. The van der Waals surface area contributed by atoms with Gasteiger partial charge < -0.3 is 5.11 Å². The summed E-state index contributed by atoms with van der Waals surface area (Å²) in [7, 11) is -2.07. The molecule has 0 spiro atoms. The van der Waals surface area contributed by atoms with Crippen LogP contribution in [0.4, 0.5) is 5.82 Å². The van der Waals surface area contributed by atoms with Crippen LogP contribution in [0.25, 0.3) is 0 Å². The molecular formula is C10H11N3O3S. The fourth-order valence-corrected chi connectivity index (χ4v) is 2.45. The Morgan fingerprint density at radius 3 is 2.71 bits per heavy atom. The van der Waals surface area contributed by atoms with Crippen LogP contribution in [0.3, 0.4) is 0 Å². The first kappa shape index (κ1) is 11.5. The Labute approximate surface area is 98.6 Å². The molecule has 6 nitrogen and oxygen atoms in total. The van der Waals surface area contributed by atoms with Crippen molar-refractivity contribution >= 4 is 15.8 Å². The maximum absolute atomic E-state index is 11.9. The van der Waals surface area contributed by atoms with Gasteiger partial charge in [-0.3, -0.25) is 9.40 Å². The quantitative estimate of drug-likeness (QED) is 0.852. The van der Waals surface area contributed by atoms with E-state index < -0.39 is 10.0 Å². The number of hydrogen-bond acceptors (Lipinski definition) is 4. The largest absolute Gasteiger partial charge is 0.508 e. The molecule has 2 aromatic rings. The van der Waals surface area contributed by atoms with Gasteiger partial charge in [-0.15, -0.1) is 0 Å². The van der Waals surface area contributed by atoms with Crippen LogP contribution >= 0.6 is 0 Å². The van der Waals surface area contributed by atoms with E-state index in [2.05, 4.69) is 9.82 Å². The minimum absolute atomic E-state index is 0.00120. The average Bonchev–Trinajstić information content (AvgIpc) is 2.64. The second kappa shape index (κ2) is 4.10. The number of nitrogens with zero attached hydrogens (tertiary/aromatic N) is 2. The molecule has 0 fully saturated rings. The molecular weight excluding hydrogens is 242 g/mol. The zero-order chi connectivity index (χ0) is 12.5. The Morgan fingerprint density at radius 2 is 2.12 bits per heavy atom. The lowest BCUT2D eigenvalue weighted by Gasteiger charge is -2.07. The van der Waals surface area contributed by atoms with Crippen LogP contribution in [0.5, 0.6) is 5.75 Å². The maximum Gasteiger partial charge on any atom is 0.263 e. The molecule has 0 saturated heterocycles. The van der Waals surface area contributed by atoms with Gasteiger partial charge in [-0.25, -0.2) is 8.42 Å². The molecule has 90 valence electrons. The number of nitrogens with one attached hydrogen (secondary N) is 1. The van der Waals surface area contributed by atoms with Gasteiger partial charge in [-0.1, -0.05) is 6.07 Å².